The monoisotopic (exact) mass is 188 g/mol. The van der Waals surface area contributed by atoms with Gasteiger partial charge in [0.05, 0.1) is 5.56 Å². The van der Waals surface area contributed by atoms with Gasteiger partial charge in [-0.1, -0.05) is 18.2 Å². The fourth-order valence-electron chi connectivity index (χ4n) is 0.702. The molecule has 0 fully saturated rings. The van der Waals surface area contributed by atoms with Gasteiger partial charge < -0.3 is 0 Å². The van der Waals surface area contributed by atoms with Gasteiger partial charge in [0.1, 0.15) is 0 Å². The zero-order chi connectivity index (χ0) is 9.68. The van der Waals surface area contributed by atoms with Crippen molar-refractivity contribution in [3.63, 3.8) is 0 Å². The van der Waals surface area contributed by atoms with Gasteiger partial charge in [0.15, 0.2) is 0 Å². The molecule has 0 amide bonds. The predicted molar refractivity (Wildman–Crippen MR) is 38.9 cm³/mol. The standard InChI is InChI=1S/C8H6F2O3/c9-8(10)13-12-7(11)6-4-2-1-3-5-6/h1-5,8H. The molecule has 0 unspecified atom stereocenters. The Morgan fingerprint density at radius 3 is 2.38 bits per heavy atom. The maximum atomic E-state index is 11.4. The van der Waals surface area contributed by atoms with E-state index in [9.17, 15) is 13.6 Å². The Bertz CT molecular complexity index is 274. The SMILES string of the molecule is O=C(OOC(F)F)c1ccccc1. The first-order chi connectivity index (χ1) is 6.20. The summed E-state index contributed by atoms with van der Waals surface area (Å²) in [7, 11) is 0. The number of hydrogen-bond donors (Lipinski definition) is 0. The van der Waals surface area contributed by atoms with Crippen LogP contribution in [0.25, 0.3) is 0 Å². The van der Waals surface area contributed by atoms with Crippen LogP contribution in [0.5, 0.6) is 0 Å². The molecule has 0 spiro atoms. The molecule has 0 aliphatic heterocycles. The van der Waals surface area contributed by atoms with Crippen LogP contribution in [0.15, 0.2) is 30.3 Å². The molecule has 1 aromatic rings. The van der Waals surface area contributed by atoms with E-state index in [1.807, 2.05) is 0 Å². The summed E-state index contributed by atoms with van der Waals surface area (Å²) < 4.78 is 22.8. The van der Waals surface area contributed by atoms with Gasteiger partial charge in [-0.25, -0.2) is 4.79 Å². The number of benzene rings is 1. The van der Waals surface area contributed by atoms with Crippen molar-refractivity contribution in [3.8, 4) is 0 Å². The van der Waals surface area contributed by atoms with Gasteiger partial charge in [0, 0.05) is 0 Å². The topological polar surface area (TPSA) is 35.5 Å². The first kappa shape index (κ1) is 9.60. The predicted octanol–water partition coefficient (Wildman–Crippen LogP) is 2.00. The fourth-order valence-corrected chi connectivity index (χ4v) is 0.702. The number of carbonyl (C=O) groups excluding carboxylic acids is 1. The second-order valence-electron chi connectivity index (χ2n) is 2.09. The lowest BCUT2D eigenvalue weighted by Crippen LogP contribution is -2.08. The van der Waals surface area contributed by atoms with Crippen LogP contribution in [0.4, 0.5) is 8.78 Å². The molecule has 3 nitrogen and oxygen atoms in total. The van der Waals surface area contributed by atoms with E-state index < -0.39 is 12.6 Å². The third-order valence-corrected chi connectivity index (χ3v) is 1.21. The van der Waals surface area contributed by atoms with Gasteiger partial charge in [-0.3, -0.25) is 4.89 Å². The number of halogens is 2. The largest absolute Gasteiger partial charge is 0.381 e. The first-order valence-corrected chi connectivity index (χ1v) is 3.41. The summed E-state index contributed by atoms with van der Waals surface area (Å²) in [6, 6.07) is 7.71. The minimum Gasteiger partial charge on any atom is -0.287 e. The Morgan fingerprint density at radius 1 is 1.23 bits per heavy atom. The van der Waals surface area contributed by atoms with Crippen LogP contribution in [0.3, 0.4) is 0 Å². The van der Waals surface area contributed by atoms with E-state index in [4.69, 9.17) is 0 Å². The zero-order valence-corrected chi connectivity index (χ0v) is 6.44. The van der Waals surface area contributed by atoms with Crippen molar-refractivity contribution >= 4 is 5.97 Å². The Kier molecular flexibility index (Phi) is 3.33. The molecule has 13 heavy (non-hydrogen) atoms. The third-order valence-electron chi connectivity index (χ3n) is 1.21. The Balaban J connectivity index is 2.50. The van der Waals surface area contributed by atoms with Crippen LogP contribution in [0.1, 0.15) is 10.4 Å². The number of hydrogen-bond acceptors (Lipinski definition) is 3. The Hall–Kier alpha value is -1.49. The lowest BCUT2D eigenvalue weighted by atomic mass is 10.2. The van der Waals surface area contributed by atoms with E-state index in [-0.39, 0.29) is 5.56 Å². The van der Waals surface area contributed by atoms with Crippen molar-refractivity contribution in [1.29, 1.82) is 0 Å². The number of rotatable bonds is 3. The lowest BCUT2D eigenvalue weighted by Gasteiger charge is -2.00. The summed E-state index contributed by atoms with van der Waals surface area (Å²) in [6.07, 6.45) is 0. The van der Waals surface area contributed by atoms with E-state index >= 15 is 0 Å². The minimum absolute atomic E-state index is 0.156. The molecular formula is C8H6F2O3. The molecule has 0 heterocycles. The highest BCUT2D eigenvalue weighted by atomic mass is 19.3. The van der Waals surface area contributed by atoms with Crippen LogP contribution in [0, 0.1) is 0 Å². The quantitative estimate of drug-likeness (QED) is 0.537. The number of carbonyl (C=O) groups is 1. The molecule has 0 atom stereocenters. The van der Waals surface area contributed by atoms with Crippen molar-refractivity contribution in [1.82, 2.24) is 0 Å². The highest BCUT2D eigenvalue weighted by Gasteiger charge is 2.10. The molecule has 1 rings (SSSR count). The number of alkyl halides is 2. The van der Waals surface area contributed by atoms with E-state index in [1.165, 1.54) is 12.1 Å². The normalized spacial score (nSPS) is 10.1. The zero-order valence-electron chi connectivity index (χ0n) is 6.44. The lowest BCUT2D eigenvalue weighted by molar-refractivity contribution is -0.343. The smallest absolute Gasteiger partial charge is 0.287 e. The highest BCUT2D eigenvalue weighted by molar-refractivity contribution is 5.88. The molecular weight excluding hydrogens is 182 g/mol. The molecule has 0 aliphatic carbocycles. The molecule has 0 aromatic heterocycles. The average Bonchev–Trinajstić information content (AvgIpc) is 2.15. The average molecular weight is 188 g/mol. The second kappa shape index (κ2) is 4.51. The summed E-state index contributed by atoms with van der Waals surface area (Å²) in [5.74, 6) is -0.944. The van der Waals surface area contributed by atoms with Crippen LogP contribution in [-0.4, -0.2) is 12.6 Å². The molecule has 1 aromatic carbocycles. The van der Waals surface area contributed by atoms with E-state index in [2.05, 4.69) is 9.78 Å². The second-order valence-corrected chi connectivity index (χ2v) is 2.09. The van der Waals surface area contributed by atoms with E-state index in [1.54, 1.807) is 18.2 Å². The van der Waals surface area contributed by atoms with Gasteiger partial charge in [0.2, 0.25) is 0 Å². The van der Waals surface area contributed by atoms with Crippen molar-refractivity contribution in [2.75, 3.05) is 0 Å². The maximum Gasteiger partial charge on any atom is 0.381 e. The van der Waals surface area contributed by atoms with Crippen LogP contribution < -0.4 is 0 Å². The molecule has 0 saturated heterocycles. The summed E-state index contributed by atoms with van der Waals surface area (Å²) in [5, 5.41) is 0. The summed E-state index contributed by atoms with van der Waals surface area (Å²) in [4.78, 5) is 18.0. The van der Waals surface area contributed by atoms with Crippen molar-refractivity contribution < 1.29 is 23.4 Å². The third kappa shape index (κ3) is 3.16. The maximum absolute atomic E-state index is 11.4. The molecule has 0 radical (unpaired) electrons. The van der Waals surface area contributed by atoms with Crippen LogP contribution in [-0.2, 0) is 9.78 Å². The summed E-state index contributed by atoms with van der Waals surface area (Å²) in [6.45, 7) is -3.12. The highest BCUT2D eigenvalue weighted by Crippen LogP contribution is 2.03. The Labute approximate surface area is 72.8 Å². The summed E-state index contributed by atoms with van der Waals surface area (Å²) >= 11 is 0. The van der Waals surface area contributed by atoms with Crippen molar-refractivity contribution in [2.24, 2.45) is 0 Å². The van der Waals surface area contributed by atoms with Crippen molar-refractivity contribution in [3.05, 3.63) is 35.9 Å². The van der Waals surface area contributed by atoms with Crippen LogP contribution in [0.2, 0.25) is 0 Å². The van der Waals surface area contributed by atoms with Crippen molar-refractivity contribution in [2.45, 2.75) is 6.61 Å². The van der Waals surface area contributed by atoms with Gasteiger partial charge in [-0.15, -0.1) is 4.89 Å². The van der Waals surface area contributed by atoms with Gasteiger partial charge in [-0.2, -0.15) is 8.78 Å². The van der Waals surface area contributed by atoms with Gasteiger partial charge >= 0.3 is 12.6 Å². The molecule has 0 aliphatic rings. The molecule has 70 valence electrons. The first-order valence-electron chi connectivity index (χ1n) is 3.41. The van der Waals surface area contributed by atoms with E-state index in [0.717, 1.165) is 0 Å². The minimum atomic E-state index is -3.12. The molecule has 0 N–H and O–H groups in total. The molecule has 0 bridgehead atoms. The van der Waals surface area contributed by atoms with Gasteiger partial charge in [0.25, 0.3) is 0 Å². The Morgan fingerprint density at radius 2 is 1.85 bits per heavy atom. The van der Waals surface area contributed by atoms with Crippen LogP contribution >= 0.6 is 0 Å². The summed E-state index contributed by atoms with van der Waals surface area (Å²) in [5.41, 5.74) is 0.156. The molecule has 0 saturated carbocycles. The van der Waals surface area contributed by atoms with Gasteiger partial charge in [-0.05, 0) is 12.1 Å². The molecule has 5 heteroatoms. The fraction of sp³-hybridized carbons (Fsp3) is 0.125. The van der Waals surface area contributed by atoms with E-state index in [0.29, 0.717) is 0 Å².